The largest absolute Gasteiger partial charge is 0.508 e. The Bertz CT molecular complexity index is 1150. The molecule has 0 aliphatic heterocycles. The zero-order valence-corrected chi connectivity index (χ0v) is 17.5. The van der Waals surface area contributed by atoms with Crippen LogP contribution < -0.4 is 10.2 Å². The molecule has 0 saturated carbocycles. The molecule has 1 amide bonds. The number of benzene rings is 3. The first-order valence-corrected chi connectivity index (χ1v) is 9.64. The molecular weight excluding hydrogens is 476 g/mol. The second kappa shape index (κ2) is 9.43. The Kier molecular flexibility index (Phi) is 6.71. The number of hydrogen-bond acceptors (Lipinski definition) is 6. The number of ether oxygens (including phenoxy) is 1. The van der Waals surface area contributed by atoms with Gasteiger partial charge in [-0.3, -0.25) is 4.79 Å². The standard InChI is InChI=1S/C21H14BrClN2O5/c22-13-5-8-19(30-21(29)15-3-1-2-4-17(15)23)12(9-13)11-24-25-20(28)16-7-6-14(26)10-18(16)27/h1-11,26-27H,(H,25,28). The highest BCUT2D eigenvalue weighted by Crippen LogP contribution is 2.25. The van der Waals surface area contributed by atoms with Crippen LogP contribution in [0.5, 0.6) is 17.2 Å². The number of hydrazone groups is 1. The molecular formula is C21H14BrClN2O5. The fourth-order valence-electron chi connectivity index (χ4n) is 2.43. The van der Waals surface area contributed by atoms with Crippen LogP contribution in [0.1, 0.15) is 26.3 Å². The van der Waals surface area contributed by atoms with E-state index in [0.717, 1.165) is 6.07 Å². The summed E-state index contributed by atoms with van der Waals surface area (Å²) in [6, 6.07) is 14.9. The van der Waals surface area contributed by atoms with Crippen molar-refractivity contribution in [3.8, 4) is 17.2 Å². The van der Waals surface area contributed by atoms with E-state index in [9.17, 15) is 19.8 Å². The van der Waals surface area contributed by atoms with Crippen molar-refractivity contribution >= 4 is 45.6 Å². The van der Waals surface area contributed by atoms with Gasteiger partial charge in [0.1, 0.15) is 17.2 Å². The molecule has 3 rings (SSSR count). The molecule has 0 saturated heterocycles. The molecule has 0 fully saturated rings. The van der Waals surface area contributed by atoms with Crippen LogP contribution in [0.15, 0.2) is 70.2 Å². The highest BCUT2D eigenvalue weighted by atomic mass is 79.9. The number of carbonyl (C=O) groups is 2. The molecule has 30 heavy (non-hydrogen) atoms. The van der Waals surface area contributed by atoms with Crippen molar-refractivity contribution in [3.05, 3.63) is 86.8 Å². The van der Waals surface area contributed by atoms with E-state index in [1.54, 1.807) is 42.5 Å². The van der Waals surface area contributed by atoms with E-state index in [1.165, 1.54) is 18.3 Å². The van der Waals surface area contributed by atoms with Crippen molar-refractivity contribution in [1.29, 1.82) is 0 Å². The van der Waals surface area contributed by atoms with Gasteiger partial charge in [0, 0.05) is 16.1 Å². The molecule has 0 aromatic heterocycles. The van der Waals surface area contributed by atoms with Gasteiger partial charge in [-0.25, -0.2) is 10.2 Å². The molecule has 152 valence electrons. The number of phenolic OH excluding ortho intramolecular Hbond substituents is 2. The summed E-state index contributed by atoms with van der Waals surface area (Å²) in [6.45, 7) is 0. The van der Waals surface area contributed by atoms with Crippen molar-refractivity contribution in [2.75, 3.05) is 0 Å². The summed E-state index contributed by atoms with van der Waals surface area (Å²) < 4.78 is 6.12. The minimum absolute atomic E-state index is 0.0652. The molecule has 0 aliphatic rings. The summed E-state index contributed by atoms with van der Waals surface area (Å²) in [5.74, 6) is -1.69. The average molecular weight is 490 g/mol. The lowest BCUT2D eigenvalue weighted by Crippen LogP contribution is -2.18. The van der Waals surface area contributed by atoms with E-state index < -0.39 is 11.9 Å². The van der Waals surface area contributed by atoms with E-state index in [-0.39, 0.29) is 33.4 Å². The van der Waals surface area contributed by atoms with Gasteiger partial charge in [0.15, 0.2) is 0 Å². The maximum Gasteiger partial charge on any atom is 0.345 e. The van der Waals surface area contributed by atoms with E-state index >= 15 is 0 Å². The SMILES string of the molecule is O=C(NN=Cc1cc(Br)ccc1OC(=O)c1ccccc1Cl)c1ccc(O)cc1O. The Hall–Kier alpha value is -3.36. The fraction of sp³-hybridized carbons (Fsp3) is 0. The Morgan fingerprint density at radius 2 is 1.80 bits per heavy atom. The molecule has 9 heteroatoms. The molecule has 7 nitrogen and oxygen atoms in total. The summed E-state index contributed by atoms with van der Waals surface area (Å²) in [6.07, 6.45) is 1.29. The van der Waals surface area contributed by atoms with Crippen molar-refractivity contribution in [3.63, 3.8) is 0 Å². The highest BCUT2D eigenvalue weighted by molar-refractivity contribution is 9.10. The number of rotatable bonds is 5. The molecule has 3 aromatic carbocycles. The number of nitrogens with one attached hydrogen (secondary N) is 1. The summed E-state index contributed by atoms with van der Waals surface area (Å²) in [5, 5.41) is 23.1. The van der Waals surface area contributed by atoms with Crippen LogP contribution >= 0.6 is 27.5 Å². The number of halogens is 2. The van der Waals surface area contributed by atoms with Crippen molar-refractivity contribution < 1.29 is 24.5 Å². The number of aromatic hydroxyl groups is 2. The monoisotopic (exact) mass is 488 g/mol. The van der Waals surface area contributed by atoms with Gasteiger partial charge in [-0.05, 0) is 42.5 Å². The van der Waals surface area contributed by atoms with Crippen LogP contribution in [0.2, 0.25) is 5.02 Å². The number of carbonyl (C=O) groups excluding carboxylic acids is 2. The molecule has 0 bridgehead atoms. The third-order valence-electron chi connectivity index (χ3n) is 3.86. The number of amides is 1. The van der Waals surface area contributed by atoms with Gasteiger partial charge in [-0.1, -0.05) is 39.7 Å². The van der Waals surface area contributed by atoms with Gasteiger partial charge < -0.3 is 14.9 Å². The van der Waals surface area contributed by atoms with Gasteiger partial charge in [-0.15, -0.1) is 0 Å². The van der Waals surface area contributed by atoms with Gasteiger partial charge in [0.2, 0.25) is 0 Å². The lowest BCUT2D eigenvalue weighted by molar-refractivity contribution is 0.0734. The lowest BCUT2D eigenvalue weighted by Gasteiger charge is -2.09. The molecule has 3 aromatic rings. The maximum atomic E-state index is 12.4. The lowest BCUT2D eigenvalue weighted by atomic mass is 10.2. The Morgan fingerprint density at radius 3 is 2.53 bits per heavy atom. The van der Waals surface area contributed by atoms with Crippen LogP contribution in [-0.2, 0) is 0 Å². The first-order valence-electron chi connectivity index (χ1n) is 8.47. The smallest absolute Gasteiger partial charge is 0.345 e. The van der Waals surface area contributed by atoms with Crippen molar-refractivity contribution in [2.24, 2.45) is 5.10 Å². The van der Waals surface area contributed by atoms with Crippen LogP contribution in [0.25, 0.3) is 0 Å². The second-order valence-corrected chi connectivity index (χ2v) is 7.27. The highest BCUT2D eigenvalue weighted by Gasteiger charge is 2.15. The maximum absolute atomic E-state index is 12.4. The average Bonchev–Trinajstić information content (AvgIpc) is 2.70. The van der Waals surface area contributed by atoms with Gasteiger partial charge in [0.25, 0.3) is 5.91 Å². The normalized spacial score (nSPS) is 10.7. The number of hydrogen-bond donors (Lipinski definition) is 3. The fourth-order valence-corrected chi connectivity index (χ4v) is 3.02. The molecule has 0 heterocycles. The van der Waals surface area contributed by atoms with E-state index in [2.05, 4.69) is 26.5 Å². The molecule has 0 spiro atoms. The predicted molar refractivity (Wildman–Crippen MR) is 115 cm³/mol. The minimum Gasteiger partial charge on any atom is -0.508 e. The number of phenols is 2. The summed E-state index contributed by atoms with van der Waals surface area (Å²) in [4.78, 5) is 24.6. The zero-order chi connectivity index (χ0) is 21.7. The summed E-state index contributed by atoms with van der Waals surface area (Å²) in [7, 11) is 0. The van der Waals surface area contributed by atoms with Gasteiger partial charge in [-0.2, -0.15) is 5.10 Å². The van der Waals surface area contributed by atoms with E-state index in [4.69, 9.17) is 16.3 Å². The number of esters is 1. The Labute approximate surface area is 184 Å². The third kappa shape index (κ3) is 5.16. The van der Waals surface area contributed by atoms with Crippen LogP contribution in [0.3, 0.4) is 0 Å². The van der Waals surface area contributed by atoms with Crippen molar-refractivity contribution in [2.45, 2.75) is 0 Å². The van der Waals surface area contributed by atoms with Crippen LogP contribution in [-0.4, -0.2) is 28.3 Å². The van der Waals surface area contributed by atoms with E-state index in [0.29, 0.717) is 10.0 Å². The molecule has 0 aliphatic carbocycles. The molecule has 0 unspecified atom stereocenters. The zero-order valence-electron chi connectivity index (χ0n) is 15.2. The third-order valence-corrected chi connectivity index (χ3v) is 4.69. The van der Waals surface area contributed by atoms with Crippen LogP contribution in [0.4, 0.5) is 0 Å². The van der Waals surface area contributed by atoms with Crippen molar-refractivity contribution in [1.82, 2.24) is 5.43 Å². The van der Waals surface area contributed by atoms with E-state index in [1.807, 2.05) is 0 Å². The minimum atomic E-state index is -0.687. The Morgan fingerprint density at radius 1 is 1.03 bits per heavy atom. The molecule has 0 radical (unpaired) electrons. The topological polar surface area (TPSA) is 108 Å². The van der Waals surface area contributed by atoms with Crippen LogP contribution in [0, 0.1) is 0 Å². The van der Waals surface area contributed by atoms with Gasteiger partial charge in [0.05, 0.1) is 22.4 Å². The summed E-state index contributed by atoms with van der Waals surface area (Å²) in [5.41, 5.74) is 2.81. The quantitative estimate of drug-likeness (QED) is 0.212. The number of nitrogens with zero attached hydrogens (tertiary/aromatic N) is 1. The summed E-state index contributed by atoms with van der Waals surface area (Å²) >= 11 is 9.36. The predicted octanol–water partition coefficient (Wildman–Crippen LogP) is 4.50. The van der Waals surface area contributed by atoms with Gasteiger partial charge >= 0.3 is 5.97 Å². The molecule has 3 N–H and O–H groups in total. The second-order valence-electron chi connectivity index (χ2n) is 5.95. The molecule has 0 atom stereocenters. The first kappa shape index (κ1) is 21.4. The Balaban J connectivity index is 1.77. The first-order chi connectivity index (χ1) is 14.3.